The fourth-order valence-corrected chi connectivity index (χ4v) is 1.76. The van der Waals surface area contributed by atoms with Gasteiger partial charge in [-0.15, -0.1) is 11.3 Å². The molecule has 0 unspecified atom stereocenters. The molecule has 0 aliphatic heterocycles. The third-order valence-electron chi connectivity index (χ3n) is 1.53. The van der Waals surface area contributed by atoms with Gasteiger partial charge in [-0.25, -0.2) is 10.1 Å². The molecule has 1 rings (SSSR count). The van der Waals surface area contributed by atoms with E-state index in [2.05, 4.69) is 4.85 Å². The van der Waals surface area contributed by atoms with Gasteiger partial charge < -0.3 is 0 Å². The molecular formula is C10H2N4S. The topological polar surface area (TPSA) is 75.7 Å². The van der Waals surface area contributed by atoms with Gasteiger partial charge in [-0.2, -0.15) is 10.5 Å². The van der Waals surface area contributed by atoms with E-state index in [1.165, 1.54) is 0 Å². The maximum Gasteiger partial charge on any atom is 0.278 e. The Labute approximate surface area is 89.7 Å². The monoisotopic (exact) mass is 210 g/mol. The third kappa shape index (κ3) is 2.01. The van der Waals surface area contributed by atoms with Gasteiger partial charge in [0.25, 0.3) is 5.70 Å². The average Bonchev–Trinajstić information content (AvgIpc) is 2.71. The van der Waals surface area contributed by atoms with Crippen LogP contribution in [0.5, 0.6) is 0 Å². The van der Waals surface area contributed by atoms with Crippen LogP contribution in [0.15, 0.2) is 12.1 Å². The summed E-state index contributed by atoms with van der Waals surface area (Å²) >= 11 is 1.09. The van der Waals surface area contributed by atoms with Crippen molar-refractivity contribution in [2.75, 3.05) is 0 Å². The van der Waals surface area contributed by atoms with Crippen LogP contribution in [0.1, 0.15) is 0 Å². The number of nitrogens with zero attached hydrogens (tertiary/aromatic N) is 4. The van der Waals surface area contributed by atoms with E-state index >= 15 is 0 Å². The zero-order valence-electron chi connectivity index (χ0n) is 7.35. The highest BCUT2D eigenvalue weighted by molar-refractivity contribution is 7.08. The number of rotatable bonds is 0. The highest BCUT2D eigenvalue weighted by Gasteiger charge is 1.99. The molecule has 15 heavy (non-hydrogen) atoms. The van der Waals surface area contributed by atoms with Gasteiger partial charge in [-0.3, -0.25) is 0 Å². The minimum atomic E-state index is -0.0264. The predicted octanol–water partition coefficient (Wildman–Crippen LogP) is 0.497. The molecule has 1 heterocycles. The van der Waals surface area contributed by atoms with Gasteiger partial charge in [0.15, 0.2) is 0 Å². The number of hydrogen-bond acceptors (Lipinski definition) is 4. The summed E-state index contributed by atoms with van der Waals surface area (Å²) in [6, 6.07) is 8.38. The van der Waals surface area contributed by atoms with Crippen molar-refractivity contribution in [1.29, 1.82) is 15.8 Å². The van der Waals surface area contributed by atoms with E-state index in [1.54, 1.807) is 30.3 Å². The minimum Gasteiger partial charge on any atom is -0.225 e. The Kier molecular flexibility index (Phi) is 3.20. The molecule has 68 valence electrons. The molecule has 0 amide bonds. The lowest BCUT2D eigenvalue weighted by atomic mass is 10.3. The maximum atomic E-state index is 8.61. The van der Waals surface area contributed by atoms with Crippen LogP contribution in [-0.4, -0.2) is 0 Å². The molecule has 0 N–H and O–H groups in total. The standard InChI is InChI=1S/C10H2N4S/c1-14-8(6-13)10-3-2-9(15-10)7(4-11)5-12/h2-3H/b10-8+. The first kappa shape index (κ1) is 10.5. The molecule has 1 aromatic rings. The fraction of sp³-hybridized carbons (Fsp3) is 0. The number of hydrogen-bond donors (Lipinski definition) is 0. The minimum absolute atomic E-state index is 0.00600. The van der Waals surface area contributed by atoms with Crippen molar-refractivity contribution in [3.63, 3.8) is 0 Å². The number of thiophene rings is 1. The van der Waals surface area contributed by atoms with E-state index in [9.17, 15) is 0 Å². The highest BCUT2D eigenvalue weighted by Crippen LogP contribution is 1.95. The van der Waals surface area contributed by atoms with Crippen LogP contribution in [0.2, 0.25) is 0 Å². The molecule has 0 saturated heterocycles. The van der Waals surface area contributed by atoms with Crippen LogP contribution >= 0.6 is 11.3 Å². The first-order valence-corrected chi connectivity index (χ1v) is 4.50. The first-order chi connectivity index (χ1) is 7.26. The van der Waals surface area contributed by atoms with E-state index in [0.717, 1.165) is 11.3 Å². The van der Waals surface area contributed by atoms with Crippen LogP contribution in [0.25, 0.3) is 16.1 Å². The van der Waals surface area contributed by atoms with E-state index in [4.69, 9.17) is 22.4 Å². The Morgan fingerprint density at radius 3 is 2.20 bits per heavy atom. The summed E-state index contributed by atoms with van der Waals surface area (Å²) in [5.74, 6) is 0. The van der Waals surface area contributed by atoms with Crippen molar-refractivity contribution in [1.82, 2.24) is 0 Å². The van der Waals surface area contributed by atoms with Crippen molar-refractivity contribution < 1.29 is 0 Å². The molecule has 4 nitrogen and oxygen atoms in total. The largest absolute Gasteiger partial charge is 0.278 e. The molecule has 5 heteroatoms. The summed E-state index contributed by atoms with van der Waals surface area (Å²) in [5.41, 5.74) is -0.0324. The lowest BCUT2D eigenvalue weighted by Gasteiger charge is -1.76. The fourth-order valence-electron chi connectivity index (χ4n) is 0.870. The molecule has 0 fully saturated rings. The van der Waals surface area contributed by atoms with Crippen molar-refractivity contribution in [2.24, 2.45) is 0 Å². The lowest BCUT2D eigenvalue weighted by molar-refractivity contribution is 1.51. The van der Waals surface area contributed by atoms with Gasteiger partial charge in [-0.05, 0) is 6.07 Å². The van der Waals surface area contributed by atoms with E-state index in [1.807, 2.05) is 0 Å². The zero-order chi connectivity index (χ0) is 11.3. The zero-order valence-corrected chi connectivity index (χ0v) is 8.17. The SMILES string of the molecule is [C-]#[N+]/C(C#N)=c1\ccc(=C(C#N)C#N)s1. The molecule has 1 aromatic heterocycles. The summed E-state index contributed by atoms with van der Waals surface area (Å²) < 4.78 is 0.955. The van der Waals surface area contributed by atoms with Gasteiger partial charge in [-0.1, -0.05) is 6.07 Å². The van der Waals surface area contributed by atoms with Crippen LogP contribution in [-0.2, 0) is 0 Å². The second-order valence-corrected chi connectivity index (χ2v) is 3.42. The molecule has 0 atom stereocenters. The van der Waals surface area contributed by atoms with Crippen molar-refractivity contribution >= 4 is 22.6 Å². The quantitative estimate of drug-likeness (QED) is 0.585. The molecule has 0 aliphatic rings. The molecule has 0 aliphatic carbocycles. The summed E-state index contributed by atoms with van der Waals surface area (Å²) in [4.78, 5) is 3.04. The molecule has 0 spiro atoms. The predicted molar refractivity (Wildman–Crippen MR) is 53.8 cm³/mol. The lowest BCUT2D eigenvalue weighted by Crippen LogP contribution is -1.98. The van der Waals surface area contributed by atoms with E-state index in [0.29, 0.717) is 9.06 Å². The summed E-state index contributed by atoms with van der Waals surface area (Å²) in [5, 5.41) is 25.8. The first-order valence-electron chi connectivity index (χ1n) is 3.69. The van der Waals surface area contributed by atoms with Gasteiger partial charge in [0, 0.05) is 4.53 Å². The Morgan fingerprint density at radius 2 is 1.73 bits per heavy atom. The maximum absolute atomic E-state index is 8.61. The van der Waals surface area contributed by atoms with Crippen molar-refractivity contribution in [3.8, 4) is 18.2 Å². The second-order valence-electron chi connectivity index (χ2n) is 2.33. The third-order valence-corrected chi connectivity index (χ3v) is 2.64. The van der Waals surface area contributed by atoms with Crippen LogP contribution in [0.4, 0.5) is 0 Å². The number of nitriles is 3. The summed E-state index contributed by atoms with van der Waals surface area (Å²) in [6.45, 7) is 6.74. The van der Waals surface area contributed by atoms with Crippen LogP contribution in [0, 0.1) is 40.6 Å². The second kappa shape index (κ2) is 4.58. The molecule has 0 radical (unpaired) electrons. The molecular weight excluding hydrogens is 208 g/mol. The average molecular weight is 210 g/mol. The smallest absolute Gasteiger partial charge is 0.225 e. The van der Waals surface area contributed by atoms with Crippen molar-refractivity contribution in [2.45, 2.75) is 0 Å². The Morgan fingerprint density at radius 1 is 1.13 bits per heavy atom. The van der Waals surface area contributed by atoms with E-state index in [-0.39, 0.29) is 11.3 Å². The molecule has 0 saturated carbocycles. The summed E-state index contributed by atoms with van der Waals surface area (Å²) in [6.07, 6.45) is 0. The van der Waals surface area contributed by atoms with Gasteiger partial charge in [0.1, 0.15) is 17.7 Å². The highest BCUT2D eigenvalue weighted by atomic mass is 32.1. The van der Waals surface area contributed by atoms with Gasteiger partial charge in [0.2, 0.25) is 0 Å². The van der Waals surface area contributed by atoms with Gasteiger partial charge >= 0.3 is 0 Å². The van der Waals surface area contributed by atoms with Crippen molar-refractivity contribution in [3.05, 3.63) is 32.6 Å². The summed E-state index contributed by atoms with van der Waals surface area (Å²) in [7, 11) is 0. The molecule has 0 bridgehead atoms. The Hall–Kier alpha value is -2.60. The Bertz CT molecular complexity index is 577. The Balaban J connectivity index is 3.66. The molecule has 0 aromatic carbocycles. The van der Waals surface area contributed by atoms with Gasteiger partial charge in [0.05, 0.1) is 17.2 Å². The van der Waals surface area contributed by atoms with Crippen LogP contribution < -0.4 is 9.06 Å². The van der Waals surface area contributed by atoms with Crippen LogP contribution in [0.3, 0.4) is 0 Å². The van der Waals surface area contributed by atoms with E-state index < -0.39 is 0 Å². The normalized spacial score (nSPS) is 10.1.